The first-order valence-corrected chi connectivity index (χ1v) is 8.05. The van der Waals surface area contributed by atoms with Crippen molar-refractivity contribution >= 4 is 17.2 Å². The fraction of sp³-hybridized carbons (Fsp3) is 0.176. The lowest BCUT2D eigenvalue weighted by Gasteiger charge is -2.15. The van der Waals surface area contributed by atoms with Crippen molar-refractivity contribution in [3.05, 3.63) is 70.9 Å². The van der Waals surface area contributed by atoms with Crippen molar-refractivity contribution in [1.82, 2.24) is 14.9 Å². The minimum absolute atomic E-state index is 0.0111. The van der Waals surface area contributed by atoms with Crippen molar-refractivity contribution < 1.29 is 4.79 Å². The van der Waals surface area contributed by atoms with E-state index in [2.05, 4.69) is 10.3 Å². The van der Waals surface area contributed by atoms with Crippen LogP contribution in [0.15, 0.2) is 59.8 Å². The van der Waals surface area contributed by atoms with Crippen LogP contribution in [0.25, 0.3) is 5.69 Å². The number of benzene rings is 1. The fourth-order valence-corrected chi connectivity index (χ4v) is 2.97. The van der Waals surface area contributed by atoms with E-state index in [-0.39, 0.29) is 11.9 Å². The second-order valence-corrected chi connectivity index (χ2v) is 5.94. The van der Waals surface area contributed by atoms with Crippen molar-refractivity contribution in [2.45, 2.75) is 19.4 Å². The van der Waals surface area contributed by atoms with Gasteiger partial charge in [0.25, 0.3) is 0 Å². The van der Waals surface area contributed by atoms with Gasteiger partial charge in [0.05, 0.1) is 18.8 Å². The van der Waals surface area contributed by atoms with E-state index in [1.54, 1.807) is 23.9 Å². The molecule has 1 atom stereocenters. The van der Waals surface area contributed by atoms with Crippen LogP contribution in [0.3, 0.4) is 0 Å². The Kier molecular flexibility index (Phi) is 4.34. The minimum Gasteiger partial charge on any atom is -0.349 e. The topological polar surface area (TPSA) is 46.9 Å². The van der Waals surface area contributed by atoms with Gasteiger partial charge in [-0.2, -0.15) is 11.3 Å². The number of aromatic nitrogens is 2. The van der Waals surface area contributed by atoms with Gasteiger partial charge in [-0.1, -0.05) is 12.1 Å². The summed E-state index contributed by atoms with van der Waals surface area (Å²) in [7, 11) is 0. The van der Waals surface area contributed by atoms with Crippen LogP contribution in [0.4, 0.5) is 0 Å². The van der Waals surface area contributed by atoms with Crippen LogP contribution in [-0.4, -0.2) is 15.5 Å². The lowest BCUT2D eigenvalue weighted by Crippen LogP contribution is -2.27. The first-order valence-electron chi connectivity index (χ1n) is 7.11. The number of nitrogens with one attached hydrogen (secondary N) is 1. The maximum Gasteiger partial charge on any atom is 0.224 e. The van der Waals surface area contributed by atoms with Crippen molar-refractivity contribution in [3.63, 3.8) is 0 Å². The van der Waals surface area contributed by atoms with Gasteiger partial charge in [-0.25, -0.2) is 4.98 Å². The number of hydrogen-bond acceptors (Lipinski definition) is 3. The molecule has 1 aromatic carbocycles. The van der Waals surface area contributed by atoms with Crippen LogP contribution in [0.5, 0.6) is 0 Å². The molecule has 0 saturated heterocycles. The summed E-state index contributed by atoms with van der Waals surface area (Å²) in [5, 5.41) is 7.03. The Labute approximate surface area is 133 Å². The normalized spacial score (nSPS) is 12.0. The Balaban J connectivity index is 1.62. The third-order valence-corrected chi connectivity index (χ3v) is 4.25. The molecule has 1 N–H and O–H groups in total. The average Bonchev–Trinajstić information content (AvgIpc) is 3.20. The van der Waals surface area contributed by atoms with Gasteiger partial charge in [0.15, 0.2) is 0 Å². The van der Waals surface area contributed by atoms with Crippen molar-refractivity contribution in [2.75, 3.05) is 0 Å². The maximum atomic E-state index is 12.0. The lowest BCUT2D eigenvalue weighted by atomic mass is 10.1. The highest BCUT2D eigenvalue weighted by Crippen LogP contribution is 2.16. The molecule has 0 aliphatic rings. The molecular formula is C17H17N3OS. The zero-order valence-corrected chi connectivity index (χ0v) is 13.1. The Bertz CT molecular complexity index is 718. The molecule has 5 heteroatoms. The van der Waals surface area contributed by atoms with E-state index in [4.69, 9.17) is 0 Å². The van der Waals surface area contributed by atoms with Gasteiger partial charge >= 0.3 is 0 Å². The molecule has 3 rings (SSSR count). The zero-order valence-electron chi connectivity index (χ0n) is 12.3. The minimum atomic E-state index is -0.0111. The molecule has 0 bridgehead atoms. The summed E-state index contributed by atoms with van der Waals surface area (Å²) in [6, 6.07) is 10.1. The Morgan fingerprint density at radius 2 is 2.14 bits per heavy atom. The zero-order chi connectivity index (χ0) is 15.4. The summed E-state index contributed by atoms with van der Waals surface area (Å²) in [6.45, 7) is 2.00. The second kappa shape index (κ2) is 6.58. The van der Waals surface area contributed by atoms with Crippen LogP contribution in [-0.2, 0) is 11.2 Å². The molecule has 0 aliphatic carbocycles. The molecule has 0 radical (unpaired) electrons. The van der Waals surface area contributed by atoms with E-state index in [0.717, 1.165) is 16.8 Å². The molecular weight excluding hydrogens is 294 g/mol. The molecule has 0 aliphatic heterocycles. The van der Waals surface area contributed by atoms with E-state index in [9.17, 15) is 4.79 Å². The van der Waals surface area contributed by atoms with E-state index in [1.165, 1.54) is 0 Å². The maximum absolute atomic E-state index is 12.0. The van der Waals surface area contributed by atoms with Crippen molar-refractivity contribution in [3.8, 4) is 5.69 Å². The standard InChI is InChI=1S/C17H17N3OS/c1-13(19-17(21)10-14-6-9-22-11-14)15-2-4-16(5-3-15)20-8-7-18-12-20/h2-9,11-13H,10H2,1H3,(H,19,21)/t13-/m1/s1. The van der Waals surface area contributed by atoms with Gasteiger partial charge in [-0.05, 0) is 47.0 Å². The number of thiophene rings is 1. The average molecular weight is 311 g/mol. The summed E-state index contributed by atoms with van der Waals surface area (Å²) in [6.07, 6.45) is 5.85. The van der Waals surface area contributed by atoms with E-state index >= 15 is 0 Å². The smallest absolute Gasteiger partial charge is 0.224 e. The largest absolute Gasteiger partial charge is 0.349 e. The third kappa shape index (κ3) is 3.43. The summed E-state index contributed by atoms with van der Waals surface area (Å²) in [5.41, 5.74) is 3.20. The van der Waals surface area contributed by atoms with Gasteiger partial charge in [0.2, 0.25) is 5.91 Å². The molecule has 2 heterocycles. The monoisotopic (exact) mass is 311 g/mol. The third-order valence-electron chi connectivity index (χ3n) is 3.52. The molecule has 3 aromatic rings. The second-order valence-electron chi connectivity index (χ2n) is 5.16. The molecule has 1 amide bonds. The van der Waals surface area contributed by atoms with Crippen LogP contribution in [0.1, 0.15) is 24.1 Å². The Morgan fingerprint density at radius 1 is 1.32 bits per heavy atom. The van der Waals surface area contributed by atoms with Crippen LogP contribution in [0.2, 0.25) is 0 Å². The highest BCUT2D eigenvalue weighted by molar-refractivity contribution is 7.07. The van der Waals surface area contributed by atoms with Gasteiger partial charge in [-0.15, -0.1) is 0 Å². The molecule has 0 saturated carbocycles. The molecule has 0 fully saturated rings. The molecule has 2 aromatic heterocycles. The molecule has 4 nitrogen and oxygen atoms in total. The number of carbonyl (C=O) groups is 1. The highest BCUT2D eigenvalue weighted by Gasteiger charge is 2.10. The van der Waals surface area contributed by atoms with Crippen LogP contribution < -0.4 is 5.32 Å². The van der Waals surface area contributed by atoms with E-state index < -0.39 is 0 Å². The van der Waals surface area contributed by atoms with Gasteiger partial charge in [0.1, 0.15) is 0 Å². The quantitative estimate of drug-likeness (QED) is 0.785. The molecule has 112 valence electrons. The van der Waals surface area contributed by atoms with Gasteiger partial charge < -0.3 is 9.88 Å². The fourth-order valence-electron chi connectivity index (χ4n) is 2.30. The van der Waals surface area contributed by atoms with E-state index in [1.807, 2.05) is 58.8 Å². The molecule has 0 spiro atoms. The summed E-state index contributed by atoms with van der Waals surface area (Å²) in [5.74, 6) is 0.0459. The summed E-state index contributed by atoms with van der Waals surface area (Å²) in [4.78, 5) is 16.1. The highest BCUT2D eigenvalue weighted by atomic mass is 32.1. The van der Waals surface area contributed by atoms with Crippen LogP contribution in [0, 0.1) is 0 Å². The number of nitrogens with zero attached hydrogens (tertiary/aromatic N) is 2. The summed E-state index contributed by atoms with van der Waals surface area (Å²) < 4.78 is 1.95. The Hall–Kier alpha value is -2.40. The number of carbonyl (C=O) groups excluding carboxylic acids is 1. The Morgan fingerprint density at radius 3 is 2.77 bits per heavy atom. The first-order chi connectivity index (χ1) is 10.7. The summed E-state index contributed by atoms with van der Waals surface area (Å²) >= 11 is 1.61. The molecule has 22 heavy (non-hydrogen) atoms. The SMILES string of the molecule is C[C@@H](NC(=O)Cc1ccsc1)c1ccc(-n2ccnc2)cc1. The predicted octanol–water partition coefficient (Wildman–Crippen LogP) is 3.35. The van der Waals surface area contributed by atoms with Crippen molar-refractivity contribution in [1.29, 1.82) is 0 Å². The first kappa shape index (κ1) is 14.5. The lowest BCUT2D eigenvalue weighted by molar-refractivity contribution is -0.121. The van der Waals surface area contributed by atoms with E-state index in [0.29, 0.717) is 6.42 Å². The number of imidazole rings is 1. The van der Waals surface area contributed by atoms with Gasteiger partial charge in [0, 0.05) is 18.1 Å². The number of amides is 1. The van der Waals surface area contributed by atoms with Crippen molar-refractivity contribution in [2.24, 2.45) is 0 Å². The number of hydrogen-bond donors (Lipinski definition) is 1. The van der Waals surface area contributed by atoms with Gasteiger partial charge in [-0.3, -0.25) is 4.79 Å². The predicted molar refractivity (Wildman–Crippen MR) is 88.1 cm³/mol. The van der Waals surface area contributed by atoms with Crippen LogP contribution >= 0.6 is 11.3 Å². The number of rotatable bonds is 5. The molecule has 0 unspecified atom stereocenters.